The number of nitrogens with zero attached hydrogens (tertiary/aromatic N) is 1. The average Bonchev–Trinajstić information content (AvgIpc) is 2.80. The molecule has 0 fully saturated rings. The Morgan fingerprint density at radius 2 is 1.96 bits per heavy atom. The maximum Gasteiger partial charge on any atom is 0.325 e. The van der Waals surface area contributed by atoms with Crippen molar-refractivity contribution >= 4 is 32.8 Å². The standard InChI is InChI=1S/C19H17BrFNO2/c1-11-8-13(20)4-6-15(11)19-12(2)16-9-14(21)5-7-17(16)22(19)10-18(23)24-3/h4-9H,10H2,1-3H3. The molecular weight excluding hydrogens is 373 g/mol. The van der Waals surface area contributed by atoms with Crippen LogP contribution in [0, 0.1) is 19.7 Å². The van der Waals surface area contributed by atoms with Gasteiger partial charge in [-0.15, -0.1) is 0 Å². The number of halogens is 2. The number of benzene rings is 2. The van der Waals surface area contributed by atoms with Crippen LogP contribution in [0.2, 0.25) is 0 Å². The van der Waals surface area contributed by atoms with E-state index in [1.54, 1.807) is 6.07 Å². The molecule has 0 saturated carbocycles. The number of carbonyl (C=O) groups excluding carboxylic acids is 1. The summed E-state index contributed by atoms with van der Waals surface area (Å²) in [6, 6.07) is 10.6. The predicted molar refractivity (Wildman–Crippen MR) is 96.5 cm³/mol. The summed E-state index contributed by atoms with van der Waals surface area (Å²) in [5.41, 5.74) is 4.75. The molecule has 3 nitrogen and oxygen atoms in total. The zero-order valence-corrected chi connectivity index (χ0v) is 15.3. The Balaban J connectivity index is 2.34. The van der Waals surface area contributed by atoms with Crippen LogP contribution >= 0.6 is 15.9 Å². The maximum absolute atomic E-state index is 13.7. The number of ether oxygens (including phenoxy) is 1. The van der Waals surface area contributed by atoms with Gasteiger partial charge in [0.15, 0.2) is 0 Å². The molecule has 3 rings (SSSR count). The van der Waals surface area contributed by atoms with Gasteiger partial charge in [0.2, 0.25) is 0 Å². The number of rotatable bonds is 3. The second-order valence-electron chi connectivity index (χ2n) is 5.76. The van der Waals surface area contributed by atoms with Crippen molar-refractivity contribution in [3.8, 4) is 11.3 Å². The number of methoxy groups -OCH3 is 1. The molecule has 0 saturated heterocycles. The van der Waals surface area contributed by atoms with Crippen LogP contribution in [0.15, 0.2) is 40.9 Å². The molecule has 124 valence electrons. The molecule has 0 N–H and O–H groups in total. The number of aromatic nitrogens is 1. The van der Waals surface area contributed by atoms with Crippen molar-refractivity contribution in [2.45, 2.75) is 20.4 Å². The van der Waals surface area contributed by atoms with Crippen LogP contribution in [0.4, 0.5) is 4.39 Å². The van der Waals surface area contributed by atoms with E-state index in [-0.39, 0.29) is 18.3 Å². The molecule has 0 atom stereocenters. The smallest absolute Gasteiger partial charge is 0.325 e. The minimum Gasteiger partial charge on any atom is -0.468 e. The number of aryl methyl sites for hydroxylation is 2. The molecule has 0 aliphatic heterocycles. The number of fused-ring (bicyclic) bond motifs is 1. The average molecular weight is 390 g/mol. The summed E-state index contributed by atoms with van der Waals surface area (Å²) in [5.74, 6) is -0.632. The molecule has 0 radical (unpaired) electrons. The van der Waals surface area contributed by atoms with Crippen molar-refractivity contribution in [2.75, 3.05) is 7.11 Å². The summed E-state index contributed by atoms with van der Waals surface area (Å²) in [5, 5.41) is 0.802. The fourth-order valence-corrected chi connectivity index (χ4v) is 3.57. The summed E-state index contributed by atoms with van der Waals surface area (Å²) in [6.45, 7) is 4.05. The Hall–Kier alpha value is -2.14. The van der Waals surface area contributed by atoms with Crippen LogP contribution in [-0.2, 0) is 16.1 Å². The number of carbonyl (C=O) groups is 1. The lowest BCUT2D eigenvalue weighted by molar-refractivity contribution is -0.141. The van der Waals surface area contributed by atoms with Crippen LogP contribution in [0.1, 0.15) is 11.1 Å². The van der Waals surface area contributed by atoms with Gasteiger partial charge in [0, 0.05) is 20.9 Å². The van der Waals surface area contributed by atoms with Gasteiger partial charge in [-0.2, -0.15) is 0 Å². The molecule has 1 aromatic heterocycles. The number of hydrogen-bond acceptors (Lipinski definition) is 2. The van der Waals surface area contributed by atoms with Gasteiger partial charge in [-0.25, -0.2) is 4.39 Å². The van der Waals surface area contributed by atoms with E-state index in [9.17, 15) is 9.18 Å². The highest BCUT2D eigenvalue weighted by atomic mass is 79.9. The van der Waals surface area contributed by atoms with Crippen LogP contribution in [0.3, 0.4) is 0 Å². The Morgan fingerprint density at radius 3 is 2.62 bits per heavy atom. The minimum absolute atomic E-state index is 0.0807. The highest BCUT2D eigenvalue weighted by molar-refractivity contribution is 9.10. The van der Waals surface area contributed by atoms with E-state index in [4.69, 9.17) is 4.74 Å². The third-order valence-electron chi connectivity index (χ3n) is 4.24. The predicted octanol–water partition coefficient (Wildman–Crippen LogP) is 5.00. The quantitative estimate of drug-likeness (QED) is 0.590. The van der Waals surface area contributed by atoms with Gasteiger partial charge < -0.3 is 9.30 Å². The van der Waals surface area contributed by atoms with Gasteiger partial charge in [0.1, 0.15) is 12.4 Å². The van der Waals surface area contributed by atoms with E-state index in [0.717, 1.165) is 37.8 Å². The van der Waals surface area contributed by atoms with Gasteiger partial charge in [-0.05, 0) is 55.3 Å². The van der Waals surface area contributed by atoms with Gasteiger partial charge in [0.05, 0.1) is 12.8 Å². The summed E-state index contributed by atoms with van der Waals surface area (Å²) >= 11 is 3.47. The summed E-state index contributed by atoms with van der Waals surface area (Å²) < 4.78 is 21.4. The summed E-state index contributed by atoms with van der Waals surface area (Å²) in [7, 11) is 1.37. The molecule has 0 spiro atoms. The van der Waals surface area contributed by atoms with Crippen molar-refractivity contribution in [3.63, 3.8) is 0 Å². The summed E-state index contributed by atoms with van der Waals surface area (Å²) in [4.78, 5) is 11.9. The molecule has 24 heavy (non-hydrogen) atoms. The molecule has 0 amide bonds. The van der Waals surface area contributed by atoms with Crippen LogP contribution in [0.25, 0.3) is 22.2 Å². The van der Waals surface area contributed by atoms with Gasteiger partial charge in [-0.3, -0.25) is 4.79 Å². The monoisotopic (exact) mass is 389 g/mol. The fraction of sp³-hybridized carbons (Fsp3) is 0.211. The largest absolute Gasteiger partial charge is 0.468 e. The first kappa shape index (κ1) is 16.7. The van der Waals surface area contributed by atoms with E-state index in [0.29, 0.717) is 0 Å². The molecule has 0 unspecified atom stereocenters. The van der Waals surface area contributed by atoms with E-state index >= 15 is 0 Å². The third-order valence-corrected chi connectivity index (χ3v) is 4.73. The zero-order valence-electron chi connectivity index (χ0n) is 13.7. The Labute approximate surface area is 148 Å². The molecule has 5 heteroatoms. The van der Waals surface area contributed by atoms with Gasteiger partial charge in [-0.1, -0.05) is 22.0 Å². The lowest BCUT2D eigenvalue weighted by Crippen LogP contribution is -2.12. The lowest BCUT2D eigenvalue weighted by Gasteiger charge is -2.13. The highest BCUT2D eigenvalue weighted by Gasteiger charge is 2.19. The second-order valence-corrected chi connectivity index (χ2v) is 6.67. The Bertz CT molecular complexity index is 946. The van der Waals surface area contributed by atoms with Crippen molar-refractivity contribution < 1.29 is 13.9 Å². The fourth-order valence-electron chi connectivity index (χ4n) is 3.09. The molecule has 0 aliphatic rings. The Morgan fingerprint density at radius 1 is 1.21 bits per heavy atom. The first-order valence-electron chi connectivity index (χ1n) is 7.54. The van der Waals surface area contributed by atoms with Gasteiger partial charge >= 0.3 is 5.97 Å². The first-order chi connectivity index (χ1) is 11.4. The van der Waals surface area contributed by atoms with E-state index in [1.165, 1.54) is 19.2 Å². The molecule has 2 aromatic carbocycles. The lowest BCUT2D eigenvalue weighted by atomic mass is 10.0. The van der Waals surface area contributed by atoms with Crippen LogP contribution < -0.4 is 0 Å². The second kappa shape index (κ2) is 6.40. The van der Waals surface area contributed by atoms with Crippen molar-refractivity contribution in [2.24, 2.45) is 0 Å². The number of hydrogen-bond donors (Lipinski definition) is 0. The maximum atomic E-state index is 13.7. The molecule has 3 aromatic rings. The van der Waals surface area contributed by atoms with Crippen LogP contribution in [0.5, 0.6) is 0 Å². The SMILES string of the molecule is COC(=O)Cn1c(-c2ccc(Br)cc2C)c(C)c2cc(F)ccc21. The Kier molecular flexibility index (Phi) is 4.45. The zero-order chi connectivity index (χ0) is 17.4. The normalized spacial score (nSPS) is 11.0. The molecule has 1 heterocycles. The topological polar surface area (TPSA) is 31.2 Å². The highest BCUT2D eigenvalue weighted by Crippen LogP contribution is 2.36. The third kappa shape index (κ3) is 2.84. The van der Waals surface area contributed by atoms with Crippen molar-refractivity contribution in [1.82, 2.24) is 4.57 Å². The van der Waals surface area contributed by atoms with E-state index < -0.39 is 0 Å². The molecular formula is C19H17BrFNO2. The van der Waals surface area contributed by atoms with Gasteiger partial charge in [0.25, 0.3) is 0 Å². The summed E-state index contributed by atoms with van der Waals surface area (Å²) in [6.07, 6.45) is 0. The van der Waals surface area contributed by atoms with Crippen molar-refractivity contribution in [3.05, 3.63) is 57.8 Å². The van der Waals surface area contributed by atoms with Crippen molar-refractivity contribution in [1.29, 1.82) is 0 Å². The molecule has 0 aliphatic carbocycles. The number of esters is 1. The van der Waals surface area contributed by atoms with E-state index in [2.05, 4.69) is 15.9 Å². The van der Waals surface area contributed by atoms with Crippen LogP contribution in [-0.4, -0.2) is 17.6 Å². The van der Waals surface area contributed by atoms with E-state index in [1.807, 2.05) is 36.6 Å². The molecule has 0 bridgehead atoms. The minimum atomic E-state index is -0.341. The first-order valence-corrected chi connectivity index (χ1v) is 8.33.